The number of esters is 1. The van der Waals surface area contributed by atoms with Gasteiger partial charge in [0.1, 0.15) is 42.1 Å². The van der Waals surface area contributed by atoms with Crippen LogP contribution in [0.3, 0.4) is 0 Å². The molecule has 1 fully saturated rings. The predicted octanol–water partition coefficient (Wildman–Crippen LogP) is 0.605. The van der Waals surface area contributed by atoms with Crippen molar-refractivity contribution in [1.29, 1.82) is 0 Å². The molecule has 0 radical (unpaired) electrons. The third kappa shape index (κ3) is 5.02. The lowest BCUT2D eigenvalue weighted by Crippen LogP contribution is -2.39. The summed E-state index contributed by atoms with van der Waals surface area (Å²) in [6.07, 6.45) is -0.498. The van der Waals surface area contributed by atoms with Crippen molar-refractivity contribution in [3.8, 4) is 0 Å². The van der Waals surface area contributed by atoms with Crippen molar-refractivity contribution in [2.75, 3.05) is 19.5 Å². The van der Waals surface area contributed by atoms with Crippen LogP contribution in [-0.4, -0.2) is 78.7 Å². The number of aliphatic hydroxyl groups is 2. The van der Waals surface area contributed by atoms with Crippen LogP contribution in [0, 0.1) is 0 Å². The molecule has 6 unspecified atom stereocenters. The van der Waals surface area contributed by atoms with E-state index in [1.165, 1.54) is 18.0 Å². The topological polar surface area (TPSA) is 207 Å². The number of aromatic nitrogens is 4. The molecule has 0 amide bonds. The zero-order valence-electron chi connectivity index (χ0n) is 20.2. The number of nitrogen functional groups attached to an aromatic ring is 1. The number of nitrogens with one attached hydrogen (secondary N) is 2. The fourth-order valence-electron chi connectivity index (χ4n) is 4.55. The standard InChI is InChI=1S/C23H27N6O8P/c1-35-23(32)16(8-12-9-25-15-5-3-2-4-13(12)15)28-38(33,34)36-10-17-18(30)19(31)22(37-17)29-7-6-14-20(24)26-11-27-21(14)29/h2-7,9,11,16-19,22,25,30-31H,8,10H2,1H3,(H2,24,26,27)(H2,28,33,34). The first-order valence-corrected chi connectivity index (χ1v) is 13.2. The van der Waals surface area contributed by atoms with Gasteiger partial charge in [-0.2, -0.15) is 0 Å². The number of anilines is 1. The van der Waals surface area contributed by atoms with E-state index in [1.807, 2.05) is 24.3 Å². The molecule has 4 heterocycles. The Balaban J connectivity index is 1.26. The summed E-state index contributed by atoms with van der Waals surface area (Å²) in [5.74, 6) is -0.525. The number of hydrogen-bond donors (Lipinski definition) is 6. The quantitative estimate of drug-likeness (QED) is 0.126. The fraction of sp³-hybridized carbons (Fsp3) is 0.348. The monoisotopic (exact) mass is 546 g/mol. The summed E-state index contributed by atoms with van der Waals surface area (Å²) in [7, 11) is -3.43. The van der Waals surface area contributed by atoms with Crippen LogP contribution in [-0.2, 0) is 29.8 Å². The molecule has 0 bridgehead atoms. The molecule has 15 heteroatoms. The second kappa shape index (κ2) is 10.4. The Bertz CT molecular complexity index is 1510. The number of methoxy groups -OCH3 is 1. The van der Waals surface area contributed by atoms with Crippen molar-refractivity contribution in [2.45, 2.75) is 37.0 Å². The smallest absolute Gasteiger partial charge is 0.403 e. The largest absolute Gasteiger partial charge is 0.468 e. The van der Waals surface area contributed by atoms with Gasteiger partial charge in [-0.3, -0.25) is 9.32 Å². The van der Waals surface area contributed by atoms with Crippen LogP contribution in [0.5, 0.6) is 0 Å². The number of aliphatic hydroxyl groups excluding tert-OH is 2. The summed E-state index contributed by atoms with van der Waals surface area (Å²) in [6.45, 7) is -0.563. The highest BCUT2D eigenvalue weighted by Gasteiger charge is 2.45. The summed E-state index contributed by atoms with van der Waals surface area (Å²) in [6, 6.07) is 7.86. The first-order valence-electron chi connectivity index (χ1n) is 11.6. The van der Waals surface area contributed by atoms with Gasteiger partial charge in [-0.15, -0.1) is 0 Å². The van der Waals surface area contributed by atoms with Gasteiger partial charge >= 0.3 is 13.7 Å². The van der Waals surface area contributed by atoms with Crippen molar-refractivity contribution in [1.82, 2.24) is 24.6 Å². The third-order valence-electron chi connectivity index (χ3n) is 6.47. The molecule has 202 valence electrons. The van der Waals surface area contributed by atoms with Gasteiger partial charge in [0.2, 0.25) is 0 Å². The number of carbonyl (C=O) groups excluding carboxylic acids is 1. The summed E-state index contributed by atoms with van der Waals surface area (Å²) >= 11 is 0. The van der Waals surface area contributed by atoms with Crippen LogP contribution in [0.15, 0.2) is 49.1 Å². The number of ether oxygens (including phenoxy) is 2. The molecule has 5 rings (SSSR count). The highest BCUT2D eigenvalue weighted by atomic mass is 31.2. The second-order valence-electron chi connectivity index (χ2n) is 8.85. The Morgan fingerprint density at radius 1 is 1.26 bits per heavy atom. The van der Waals surface area contributed by atoms with E-state index in [-0.39, 0.29) is 12.2 Å². The summed E-state index contributed by atoms with van der Waals surface area (Å²) in [5, 5.41) is 24.9. The molecule has 3 aromatic heterocycles. The Morgan fingerprint density at radius 3 is 2.84 bits per heavy atom. The highest BCUT2D eigenvalue weighted by molar-refractivity contribution is 7.50. The van der Waals surface area contributed by atoms with E-state index in [4.69, 9.17) is 19.7 Å². The van der Waals surface area contributed by atoms with Gasteiger partial charge in [0, 0.05) is 29.7 Å². The number of rotatable bonds is 9. The molecule has 0 spiro atoms. The molecule has 6 atom stereocenters. The van der Waals surface area contributed by atoms with Crippen LogP contribution in [0.2, 0.25) is 0 Å². The molecule has 38 heavy (non-hydrogen) atoms. The molecule has 1 aromatic carbocycles. The maximum absolute atomic E-state index is 12.9. The summed E-state index contributed by atoms with van der Waals surface area (Å²) < 4.78 is 30.1. The molecule has 1 saturated heterocycles. The number of nitrogens with zero attached hydrogens (tertiary/aromatic N) is 3. The Morgan fingerprint density at radius 2 is 2.05 bits per heavy atom. The molecular formula is C23H27N6O8P. The first-order chi connectivity index (χ1) is 18.2. The molecule has 1 aliphatic rings. The number of H-pyrrole nitrogens is 1. The zero-order valence-corrected chi connectivity index (χ0v) is 21.1. The zero-order chi connectivity index (χ0) is 27.0. The first kappa shape index (κ1) is 26.3. The van der Waals surface area contributed by atoms with Crippen molar-refractivity contribution in [3.63, 3.8) is 0 Å². The number of aromatic amines is 1. The summed E-state index contributed by atoms with van der Waals surface area (Å²) in [4.78, 5) is 34.0. The molecule has 7 N–H and O–H groups in total. The van der Waals surface area contributed by atoms with Crippen LogP contribution < -0.4 is 10.8 Å². The molecular weight excluding hydrogens is 519 g/mol. The number of carbonyl (C=O) groups is 1. The van der Waals surface area contributed by atoms with E-state index >= 15 is 0 Å². The van der Waals surface area contributed by atoms with Gasteiger partial charge in [0.15, 0.2) is 6.23 Å². The predicted molar refractivity (Wildman–Crippen MR) is 135 cm³/mol. The minimum absolute atomic E-state index is 0.0413. The van der Waals surface area contributed by atoms with Gasteiger partial charge in [0.05, 0.1) is 19.1 Å². The maximum Gasteiger partial charge on any atom is 0.403 e. The van der Waals surface area contributed by atoms with Crippen LogP contribution in [0.1, 0.15) is 11.8 Å². The molecule has 14 nitrogen and oxygen atoms in total. The van der Waals surface area contributed by atoms with E-state index in [2.05, 4.69) is 20.0 Å². The van der Waals surface area contributed by atoms with Gasteiger partial charge < -0.3 is 39.9 Å². The number of hydrogen-bond acceptors (Lipinski definition) is 10. The summed E-state index contributed by atoms with van der Waals surface area (Å²) in [5.41, 5.74) is 7.81. The Labute approximate surface area is 215 Å². The number of nitrogens with two attached hydrogens (primary N) is 1. The van der Waals surface area contributed by atoms with Crippen LogP contribution in [0.25, 0.3) is 21.9 Å². The lowest BCUT2D eigenvalue weighted by atomic mass is 10.1. The second-order valence-corrected chi connectivity index (χ2v) is 10.4. The van der Waals surface area contributed by atoms with Crippen molar-refractivity contribution >= 4 is 41.5 Å². The van der Waals surface area contributed by atoms with Gasteiger partial charge in [-0.05, 0) is 17.7 Å². The molecule has 0 aliphatic carbocycles. The van der Waals surface area contributed by atoms with Crippen molar-refractivity contribution < 1.29 is 38.5 Å². The average Bonchev–Trinajstić information content (AvgIpc) is 3.59. The number of benzene rings is 1. The van der Waals surface area contributed by atoms with Crippen molar-refractivity contribution in [3.05, 3.63) is 54.6 Å². The minimum atomic E-state index is -4.60. The number of para-hydroxylation sites is 1. The highest BCUT2D eigenvalue weighted by Crippen LogP contribution is 2.41. The molecule has 1 aliphatic heterocycles. The van der Waals surface area contributed by atoms with E-state index in [0.29, 0.717) is 11.0 Å². The van der Waals surface area contributed by atoms with Crippen LogP contribution in [0.4, 0.5) is 5.82 Å². The molecule has 4 aromatic rings. The maximum atomic E-state index is 12.9. The SMILES string of the molecule is COC(=O)C(Cc1c[nH]c2ccccc12)NP(=O)(O)OCC1OC(n2ccc3c(N)ncnc32)C(O)C1O. The lowest BCUT2D eigenvalue weighted by molar-refractivity contribution is -0.142. The fourth-order valence-corrected chi connectivity index (χ4v) is 5.56. The van der Waals surface area contributed by atoms with Gasteiger partial charge in [-0.1, -0.05) is 18.2 Å². The van der Waals surface area contributed by atoms with Gasteiger partial charge in [0.25, 0.3) is 0 Å². The van der Waals surface area contributed by atoms with E-state index in [9.17, 15) is 24.5 Å². The van der Waals surface area contributed by atoms with E-state index in [0.717, 1.165) is 16.5 Å². The van der Waals surface area contributed by atoms with Crippen LogP contribution >= 0.6 is 7.75 Å². The lowest BCUT2D eigenvalue weighted by Gasteiger charge is -2.22. The normalized spacial score (nSPS) is 24.0. The number of fused-ring (bicyclic) bond motifs is 2. The Hall–Kier alpha value is -3.36. The van der Waals surface area contributed by atoms with Gasteiger partial charge in [-0.25, -0.2) is 19.6 Å². The third-order valence-corrected chi connectivity index (χ3v) is 7.61. The average molecular weight is 546 g/mol. The van der Waals surface area contributed by atoms with Crippen molar-refractivity contribution in [2.24, 2.45) is 0 Å². The Kier molecular flexibility index (Phi) is 7.20. The van der Waals surface area contributed by atoms with E-state index in [1.54, 1.807) is 18.5 Å². The minimum Gasteiger partial charge on any atom is -0.468 e. The molecule has 0 saturated carbocycles. The van der Waals surface area contributed by atoms with E-state index < -0.39 is 50.9 Å².